The van der Waals surface area contributed by atoms with E-state index in [1.54, 1.807) is 18.2 Å². The van der Waals surface area contributed by atoms with Crippen molar-refractivity contribution in [3.63, 3.8) is 0 Å². The molecule has 1 aromatic carbocycles. The number of nitrogens with two attached hydrogens (primary N) is 1. The van der Waals surface area contributed by atoms with Crippen LogP contribution in [0.5, 0.6) is 5.75 Å². The SMILES string of the molecule is [2H]C([2H])(Oc1cc2cc(N)ccc2n(C)c1=O)C(=O)NC. The number of nitrogens with zero attached hydrogens (tertiary/aromatic N) is 1. The molecule has 3 N–H and O–H groups in total. The van der Waals surface area contributed by atoms with Gasteiger partial charge in [-0.15, -0.1) is 0 Å². The van der Waals surface area contributed by atoms with Crippen molar-refractivity contribution in [2.75, 3.05) is 19.3 Å². The Labute approximate surface area is 112 Å². The van der Waals surface area contributed by atoms with Crippen LogP contribution in [0, 0.1) is 0 Å². The fraction of sp³-hybridized carbons (Fsp3) is 0.231. The molecule has 0 bridgehead atoms. The van der Waals surface area contributed by atoms with Gasteiger partial charge in [0.1, 0.15) is 0 Å². The van der Waals surface area contributed by atoms with Crippen molar-refractivity contribution in [2.45, 2.75) is 0 Å². The van der Waals surface area contributed by atoms with Crippen LogP contribution in [-0.4, -0.2) is 24.1 Å². The zero-order chi connectivity index (χ0) is 15.8. The lowest BCUT2D eigenvalue weighted by molar-refractivity contribution is -0.122. The lowest BCUT2D eigenvalue weighted by Gasteiger charge is -2.10. The second-order valence-corrected chi connectivity index (χ2v) is 3.97. The van der Waals surface area contributed by atoms with E-state index in [4.69, 9.17) is 13.2 Å². The molecule has 0 aliphatic rings. The van der Waals surface area contributed by atoms with E-state index < -0.39 is 18.0 Å². The number of nitrogen functional groups attached to an aromatic ring is 1. The Bertz CT molecular complexity index is 771. The quantitative estimate of drug-likeness (QED) is 0.777. The molecule has 6 nitrogen and oxygen atoms in total. The first-order valence-corrected chi connectivity index (χ1v) is 5.56. The number of benzene rings is 1. The standard InChI is InChI=1S/C13H15N3O3/c1-15-12(17)7-19-11-6-8-5-9(14)3-4-10(8)16(2)13(11)18/h3-6H,7,14H2,1-2H3,(H,15,17)/i7D2. The van der Waals surface area contributed by atoms with Crippen molar-refractivity contribution in [3.8, 4) is 5.75 Å². The fourth-order valence-corrected chi connectivity index (χ4v) is 1.70. The van der Waals surface area contributed by atoms with Crippen molar-refractivity contribution in [1.82, 2.24) is 9.88 Å². The number of rotatable bonds is 3. The Morgan fingerprint density at radius 1 is 1.53 bits per heavy atom. The van der Waals surface area contributed by atoms with E-state index in [2.05, 4.69) is 5.32 Å². The van der Waals surface area contributed by atoms with Gasteiger partial charge in [-0.2, -0.15) is 0 Å². The van der Waals surface area contributed by atoms with Gasteiger partial charge >= 0.3 is 0 Å². The number of likely N-dealkylation sites (N-methyl/N-ethyl adjacent to an activating group) is 1. The minimum absolute atomic E-state index is 0.260. The summed E-state index contributed by atoms with van der Waals surface area (Å²) in [5.74, 6) is -1.23. The lowest BCUT2D eigenvalue weighted by atomic mass is 10.2. The topological polar surface area (TPSA) is 86.3 Å². The highest BCUT2D eigenvalue weighted by atomic mass is 16.5. The van der Waals surface area contributed by atoms with E-state index in [9.17, 15) is 9.59 Å². The molecule has 0 saturated heterocycles. The van der Waals surface area contributed by atoms with Gasteiger partial charge in [0.2, 0.25) is 0 Å². The second kappa shape index (κ2) is 5.01. The number of fused-ring (bicyclic) bond motifs is 1. The highest BCUT2D eigenvalue weighted by Crippen LogP contribution is 2.19. The molecule has 0 aliphatic heterocycles. The number of hydrogen-bond acceptors (Lipinski definition) is 4. The van der Waals surface area contributed by atoms with E-state index in [0.717, 1.165) is 0 Å². The summed E-state index contributed by atoms with van der Waals surface area (Å²) in [6.45, 7) is -2.64. The van der Waals surface area contributed by atoms with Crippen LogP contribution in [0.3, 0.4) is 0 Å². The third-order valence-electron chi connectivity index (χ3n) is 2.70. The number of nitrogens with one attached hydrogen (secondary N) is 1. The van der Waals surface area contributed by atoms with Crippen LogP contribution in [0.4, 0.5) is 5.69 Å². The molecule has 0 saturated carbocycles. The smallest absolute Gasteiger partial charge is 0.293 e. The summed E-state index contributed by atoms with van der Waals surface area (Å²) >= 11 is 0. The van der Waals surface area contributed by atoms with Crippen molar-refractivity contribution in [2.24, 2.45) is 7.05 Å². The Morgan fingerprint density at radius 2 is 2.26 bits per heavy atom. The third kappa shape index (κ3) is 2.52. The van der Waals surface area contributed by atoms with E-state index >= 15 is 0 Å². The van der Waals surface area contributed by atoms with Crippen LogP contribution in [0.15, 0.2) is 29.1 Å². The van der Waals surface area contributed by atoms with Crippen LogP contribution in [0.1, 0.15) is 2.74 Å². The van der Waals surface area contributed by atoms with Crippen molar-refractivity contribution in [1.29, 1.82) is 0 Å². The summed E-state index contributed by atoms with van der Waals surface area (Å²) in [6, 6.07) is 6.35. The first-order valence-electron chi connectivity index (χ1n) is 6.56. The summed E-state index contributed by atoms with van der Waals surface area (Å²) < 4.78 is 21.4. The van der Waals surface area contributed by atoms with Crippen LogP contribution in [-0.2, 0) is 11.8 Å². The lowest BCUT2D eigenvalue weighted by Crippen LogP contribution is -2.27. The molecule has 2 aromatic rings. The average molecular weight is 263 g/mol. The minimum atomic E-state index is -2.64. The van der Waals surface area contributed by atoms with Crippen LogP contribution in [0.25, 0.3) is 10.9 Å². The number of ether oxygens (including phenoxy) is 1. The number of pyridine rings is 1. The molecule has 0 unspecified atom stereocenters. The van der Waals surface area contributed by atoms with Gasteiger partial charge < -0.3 is 20.4 Å². The molecule has 1 amide bonds. The van der Waals surface area contributed by atoms with E-state index in [1.807, 2.05) is 0 Å². The predicted octanol–water partition coefficient (Wildman–Crippen LogP) is 0.245. The van der Waals surface area contributed by atoms with Crippen LogP contribution in [0.2, 0.25) is 0 Å². The first-order chi connectivity index (χ1) is 9.76. The van der Waals surface area contributed by atoms with Crippen LogP contribution >= 0.6 is 0 Å². The van der Waals surface area contributed by atoms with Gasteiger partial charge in [0, 0.05) is 25.2 Å². The molecular formula is C13H15N3O3. The molecule has 0 atom stereocenters. The van der Waals surface area contributed by atoms with Crippen molar-refractivity contribution < 1.29 is 12.3 Å². The van der Waals surface area contributed by atoms with Gasteiger partial charge in [0.05, 0.1) is 8.26 Å². The Hall–Kier alpha value is -2.50. The molecule has 1 heterocycles. The fourth-order valence-electron chi connectivity index (χ4n) is 1.70. The number of amides is 1. The normalized spacial score (nSPS) is 12.7. The molecular weight excluding hydrogens is 246 g/mol. The number of anilines is 1. The molecule has 0 fully saturated rings. The molecule has 1 aromatic heterocycles. The zero-order valence-electron chi connectivity index (χ0n) is 12.6. The predicted molar refractivity (Wildman–Crippen MR) is 73.2 cm³/mol. The maximum Gasteiger partial charge on any atom is 0.293 e. The Kier molecular flexibility index (Phi) is 2.75. The summed E-state index contributed by atoms with van der Waals surface area (Å²) in [7, 11) is 2.81. The summed E-state index contributed by atoms with van der Waals surface area (Å²) in [5, 5.41) is 2.75. The zero-order valence-corrected chi connectivity index (χ0v) is 10.6. The molecule has 0 radical (unpaired) electrons. The number of aromatic nitrogens is 1. The first kappa shape index (κ1) is 10.4. The summed E-state index contributed by atoms with van der Waals surface area (Å²) in [4.78, 5) is 23.6. The maximum absolute atomic E-state index is 12.2. The monoisotopic (exact) mass is 263 g/mol. The van der Waals surface area contributed by atoms with Gasteiger partial charge in [-0.25, -0.2) is 0 Å². The second-order valence-electron chi connectivity index (χ2n) is 3.97. The van der Waals surface area contributed by atoms with Crippen molar-refractivity contribution in [3.05, 3.63) is 34.6 Å². The number of carbonyl (C=O) groups is 1. The molecule has 19 heavy (non-hydrogen) atoms. The minimum Gasteiger partial charge on any atom is -0.478 e. The molecule has 100 valence electrons. The highest BCUT2D eigenvalue weighted by Gasteiger charge is 2.09. The van der Waals surface area contributed by atoms with Crippen molar-refractivity contribution >= 4 is 22.5 Å². The molecule has 2 rings (SSSR count). The van der Waals surface area contributed by atoms with Crippen LogP contribution < -0.4 is 21.3 Å². The third-order valence-corrected chi connectivity index (χ3v) is 2.70. The van der Waals surface area contributed by atoms with E-state index in [-0.39, 0.29) is 5.75 Å². The van der Waals surface area contributed by atoms with Gasteiger partial charge in [-0.1, -0.05) is 0 Å². The summed E-state index contributed by atoms with van der Waals surface area (Å²) in [5.41, 5.74) is 6.28. The number of carbonyl (C=O) groups excluding carboxylic acids is 1. The molecule has 0 aliphatic carbocycles. The summed E-state index contributed by atoms with van der Waals surface area (Å²) in [6.07, 6.45) is 0. The number of hydrogen-bond donors (Lipinski definition) is 2. The van der Waals surface area contributed by atoms with E-state index in [1.165, 1.54) is 24.7 Å². The Balaban J connectivity index is 2.57. The average Bonchev–Trinajstić information content (AvgIpc) is 2.43. The van der Waals surface area contributed by atoms with Gasteiger partial charge in [0.25, 0.3) is 11.5 Å². The number of aryl methyl sites for hydroxylation is 1. The maximum atomic E-state index is 12.2. The molecule has 6 heteroatoms. The van der Waals surface area contributed by atoms with E-state index in [0.29, 0.717) is 16.6 Å². The highest BCUT2D eigenvalue weighted by molar-refractivity contribution is 5.83. The molecule has 0 spiro atoms. The van der Waals surface area contributed by atoms with Gasteiger partial charge in [-0.3, -0.25) is 9.59 Å². The Morgan fingerprint density at radius 3 is 2.95 bits per heavy atom. The van der Waals surface area contributed by atoms with Gasteiger partial charge in [0.15, 0.2) is 12.3 Å². The largest absolute Gasteiger partial charge is 0.478 e. The van der Waals surface area contributed by atoms with Gasteiger partial charge in [-0.05, 0) is 24.3 Å².